The average molecular weight is 498 g/mol. The molecule has 3 aromatic rings. The number of anilines is 1. The number of aromatic nitrogens is 2. The van der Waals surface area contributed by atoms with Crippen LogP contribution in [0.3, 0.4) is 0 Å². The van der Waals surface area contributed by atoms with E-state index in [0.717, 1.165) is 11.8 Å². The van der Waals surface area contributed by atoms with Crippen LogP contribution in [-0.2, 0) is 16.1 Å². The van der Waals surface area contributed by atoms with E-state index < -0.39 is 11.9 Å². The van der Waals surface area contributed by atoms with Gasteiger partial charge in [0.2, 0.25) is 5.91 Å². The number of thioether (sulfide) groups is 1. The maximum absolute atomic E-state index is 13.0. The van der Waals surface area contributed by atoms with Gasteiger partial charge in [0.15, 0.2) is 5.16 Å². The lowest BCUT2D eigenvalue weighted by atomic mass is 10.2. The molecule has 0 aliphatic rings. The highest BCUT2D eigenvalue weighted by Crippen LogP contribution is 2.30. The van der Waals surface area contributed by atoms with Crippen molar-refractivity contribution in [2.45, 2.75) is 36.9 Å². The van der Waals surface area contributed by atoms with Crippen LogP contribution in [-0.4, -0.2) is 41.0 Å². The number of carbonyl (C=O) groups excluding carboxylic acids is 1. The summed E-state index contributed by atoms with van der Waals surface area (Å²) in [7, 11) is 1.59. The minimum atomic E-state index is -3.00. The van der Waals surface area contributed by atoms with Crippen LogP contribution < -0.4 is 15.6 Å². The number of methoxy groups -OCH3 is 1. The maximum Gasteiger partial charge on any atom is 0.387 e. The minimum absolute atomic E-state index is 0.0587. The molecule has 1 unspecified atom stereocenters. The number of nitrogens with one attached hydrogen (secondary N) is 1. The van der Waals surface area contributed by atoms with Crippen molar-refractivity contribution in [2.24, 2.45) is 0 Å². The van der Waals surface area contributed by atoms with Crippen molar-refractivity contribution >= 4 is 45.9 Å². The molecule has 0 saturated carbocycles. The first kappa shape index (κ1) is 24.9. The van der Waals surface area contributed by atoms with Gasteiger partial charge in [0.05, 0.1) is 21.2 Å². The standard InChI is InChI=1S/C22H22ClF2N3O4S/c1-13(19(29)26-14-8-9-18(16(23)12-14)32-21(24)25)33-22-27-17-7-4-3-6-15(17)20(30)28(22)10-5-11-31-2/h3-4,6-9,12-13,21H,5,10-11H2,1-2H3,(H,26,29). The van der Waals surface area contributed by atoms with Crippen LogP contribution in [0, 0.1) is 0 Å². The normalized spacial score (nSPS) is 12.2. The number of amides is 1. The molecular weight excluding hydrogens is 476 g/mol. The second-order valence-corrected chi connectivity index (χ2v) is 8.70. The largest absolute Gasteiger partial charge is 0.433 e. The predicted octanol–water partition coefficient (Wildman–Crippen LogP) is 4.81. The molecule has 7 nitrogen and oxygen atoms in total. The Kier molecular flexibility index (Phi) is 8.65. The summed E-state index contributed by atoms with van der Waals surface area (Å²) < 4.78 is 35.7. The molecule has 0 fully saturated rings. The van der Waals surface area contributed by atoms with Crippen LogP contribution in [0.15, 0.2) is 52.4 Å². The molecule has 1 N–H and O–H groups in total. The van der Waals surface area contributed by atoms with Crippen molar-refractivity contribution in [2.75, 3.05) is 19.0 Å². The second kappa shape index (κ2) is 11.4. The summed E-state index contributed by atoms with van der Waals surface area (Å²) in [6.45, 7) is -0.458. The minimum Gasteiger partial charge on any atom is -0.433 e. The number of rotatable bonds is 10. The second-order valence-electron chi connectivity index (χ2n) is 6.99. The highest BCUT2D eigenvalue weighted by molar-refractivity contribution is 8.00. The third-order valence-electron chi connectivity index (χ3n) is 4.62. The van der Waals surface area contributed by atoms with Gasteiger partial charge in [0, 0.05) is 25.9 Å². The Bertz CT molecular complexity index is 1190. The van der Waals surface area contributed by atoms with Crippen molar-refractivity contribution in [3.8, 4) is 5.75 Å². The number of alkyl halides is 2. The van der Waals surface area contributed by atoms with Gasteiger partial charge in [0.25, 0.3) is 5.56 Å². The van der Waals surface area contributed by atoms with Crippen molar-refractivity contribution in [3.05, 3.63) is 57.8 Å². The SMILES string of the molecule is COCCCn1c(SC(C)C(=O)Nc2ccc(OC(F)F)c(Cl)c2)nc2ccccc2c1=O. The Balaban J connectivity index is 1.79. The zero-order valence-corrected chi connectivity index (χ0v) is 19.5. The summed E-state index contributed by atoms with van der Waals surface area (Å²) in [5, 5.41) is 2.91. The Labute approximate surface area is 198 Å². The van der Waals surface area contributed by atoms with Gasteiger partial charge < -0.3 is 14.8 Å². The number of hydrogen-bond acceptors (Lipinski definition) is 6. The van der Waals surface area contributed by atoms with E-state index in [9.17, 15) is 18.4 Å². The molecule has 2 aromatic carbocycles. The molecular formula is C22H22ClF2N3O4S. The molecule has 3 rings (SSSR count). The molecule has 11 heteroatoms. The molecule has 1 atom stereocenters. The third kappa shape index (κ3) is 6.43. The predicted molar refractivity (Wildman–Crippen MR) is 125 cm³/mol. The van der Waals surface area contributed by atoms with Gasteiger partial charge in [-0.1, -0.05) is 35.5 Å². The molecule has 0 aliphatic carbocycles. The molecule has 0 radical (unpaired) electrons. The van der Waals surface area contributed by atoms with Crippen LogP contribution in [0.5, 0.6) is 5.75 Å². The molecule has 1 amide bonds. The summed E-state index contributed by atoms with van der Waals surface area (Å²) in [6, 6.07) is 11.0. The topological polar surface area (TPSA) is 82.4 Å². The first-order chi connectivity index (χ1) is 15.8. The Morgan fingerprint density at radius 1 is 1.27 bits per heavy atom. The first-order valence-corrected chi connectivity index (χ1v) is 11.3. The highest BCUT2D eigenvalue weighted by atomic mass is 35.5. The lowest BCUT2D eigenvalue weighted by molar-refractivity contribution is -0.115. The molecule has 0 bridgehead atoms. The number of carbonyl (C=O) groups is 1. The van der Waals surface area contributed by atoms with E-state index in [1.807, 2.05) is 0 Å². The number of benzene rings is 2. The fraction of sp³-hybridized carbons (Fsp3) is 0.318. The molecule has 0 spiro atoms. The molecule has 33 heavy (non-hydrogen) atoms. The third-order valence-corrected chi connectivity index (χ3v) is 6.01. The van der Waals surface area contributed by atoms with Crippen LogP contribution in [0.25, 0.3) is 10.9 Å². The number of fused-ring (bicyclic) bond motifs is 1. The Morgan fingerprint density at radius 2 is 2.03 bits per heavy atom. The van der Waals surface area contributed by atoms with Gasteiger partial charge in [-0.2, -0.15) is 8.78 Å². The van der Waals surface area contributed by atoms with Gasteiger partial charge in [-0.3, -0.25) is 14.2 Å². The zero-order chi connectivity index (χ0) is 24.0. The maximum atomic E-state index is 13.0. The summed E-state index contributed by atoms with van der Waals surface area (Å²) in [6.07, 6.45) is 0.607. The molecule has 0 aliphatic heterocycles. The number of ether oxygens (including phenoxy) is 2. The molecule has 0 saturated heterocycles. The average Bonchev–Trinajstić information content (AvgIpc) is 2.77. The van der Waals surface area contributed by atoms with E-state index in [4.69, 9.17) is 16.3 Å². The molecule has 176 valence electrons. The van der Waals surface area contributed by atoms with Crippen LogP contribution >= 0.6 is 23.4 Å². The summed E-state index contributed by atoms with van der Waals surface area (Å²) >= 11 is 7.09. The first-order valence-electron chi connectivity index (χ1n) is 10.0. The van der Waals surface area contributed by atoms with E-state index in [0.29, 0.717) is 41.3 Å². The number of halogens is 3. The monoisotopic (exact) mass is 497 g/mol. The fourth-order valence-corrected chi connectivity index (χ4v) is 4.19. The zero-order valence-electron chi connectivity index (χ0n) is 17.9. The number of hydrogen-bond donors (Lipinski definition) is 1. The smallest absolute Gasteiger partial charge is 0.387 e. The summed E-state index contributed by atoms with van der Waals surface area (Å²) in [4.78, 5) is 30.4. The number of para-hydroxylation sites is 1. The van der Waals surface area contributed by atoms with Crippen LogP contribution in [0.2, 0.25) is 5.02 Å². The van der Waals surface area contributed by atoms with Gasteiger partial charge in [0.1, 0.15) is 5.75 Å². The summed E-state index contributed by atoms with van der Waals surface area (Å²) in [5.41, 5.74) is 0.679. The lowest BCUT2D eigenvalue weighted by Crippen LogP contribution is -2.27. The summed E-state index contributed by atoms with van der Waals surface area (Å²) in [5.74, 6) is -0.558. The van der Waals surface area contributed by atoms with E-state index in [1.165, 1.54) is 18.2 Å². The van der Waals surface area contributed by atoms with Gasteiger partial charge >= 0.3 is 6.61 Å². The highest BCUT2D eigenvalue weighted by Gasteiger charge is 2.20. The van der Waals surface area contributed by atoms with Gasteiger partial charge in [-0.25, -0.2) is 4.98 Å². The number of nitrogens with zero attached hydrogens (tertiary/aromatic N) is 2. The van der Waals surface area contributed by atoms with E-state index in [1.54, 1.807) is 42.9 Å². The van der Waals surface area contributed by atoms with Crippen LogP contribution in [0.1, 0.15) is 13.3 Å². The Morgan fingerprint density at radius 3 is 2.73 bits per heavy atom. The van der Waals surface area contributed by atoms with Crippen molar-refractivity contribution < 1.29 is 23.0 Å². The Hall–Kier alpha value is -2.69. The molecule has 1 heterocycles. The van der Waals surface area contributed by atoms with E-state index in [2.05, 4.69) is 15.0 Å². The van der Waals surface area contributed by atoms with Crippen molar-refractivity contribution in [3.63, 3.8) is 0 Å². The molecule has 1 aromatic heterocycles. The van der Waals surface area contributed by atoms with E-state index >= 15 is 0 Å². The van der Waals surface area contributed by atoms with Gasteiger partial charge in [-0.05, 0) is 43.7 Å². The fourth-order valence-electron chi connectivity index (χ4n) is 3.03. The van der Waals surface area contributed by atoms with E-state index in [-0.39, 0.29) is 22.2 Å². The van der Waals surface area contributed by atoms with Gasteiger partial charge in [-0.15, -0.1) is 0 Å². The quantitative estimate of drug-likeness (QED) is 0.246. The lowest BCUT2D eigenvalue weighted by Gasteiger charge is -2.16. The van der Waals surface area contributed by atoms with Crippen molar-refractivity contribution in [1.29, 1.82) is 0 Å². The van der Waals surface area contributed by atoms with Crippen LogP contribution in [0.4, 0.5) is 14.5 Å². The van der Waals surface area contributed by atoms with Crippen molar-refractivity contribution in [1.82, 2.24) is 9.55 Å².